The Morgan fingerprint density at radius 3 is 2.88 bits per heavy atom. The van der Waals surface area contributed by atoms with E-state index in [2.05, 4.69) is 24.9 Å². The molecule has 4 nitrogen and oxygen atoms in total. The molecule has 0 N–H and O–H groups in total. The van der Waals surface area contributed by atoms with Gasteiger partial charge in [0, 0.05) is 17.5 Å². The fourth-order valence-electron chi connectivity index (χ4n) is 2.99. The molecule has 0 saturated carbocycles. The Morgan fingerprint density at radius 1 is 1.38 bits per heavy atom. The molecule has 1 unspecified atom stereocenters. The van der Waals surface area contributed by atoms with Crippen LogP contribution >= 0.6 is 11.6 Å². The smallest absolute Gasteiger partial charge is 0.340 e. The zero-order chi connectivity index (χ0) is 17.3. The Hall–Kier alpha value is -2.07. The van der Waals surface area contributed by atoms with E-state index in [1.807, 2.05) is 12.1 Å². The van der Waals surface area contributed by atoms with E-state index in [9.17, 15) is 4.79 Å². The molecule has 24 heavy (non-hydrogen) atoms. The van der Waals surface area contributed by atoms with Crippen molar-refractivity contribution >= 4 is 17.6 Å². The molecule has 0 fully saturated rings. The van der Waals surface area contributed by atoms with Gasteiger partial charge in [-0.3, -0.25) is 4.98 Å². The zero-order valence-electron chi connectivity index (χ0n) is 14.1. The molecule has 126 valence electrons. The summed E-state index contributed by atoms with van der Waals surface area (Å²) in [5.74, 6) is 0.637. The molecule has 0 radical (unpaired) electrons. The molecule has 1 aliphatic heterocycles. The molecule has 1 aromatic heterocycles. The van der Waals surface area contributed by atoms with Gasteiger partial charge in [-0.05, 0) is 44.5 Å². The van der Waals surface area contributed by atoms with Crippen molar-refractivity contribution in [2.45, 2.75) is 39.2 Å². The molecule has 0 spiro atoms. The highest BCUT2D eigenvalue weighted by Crippen LogP contribution is 2.40. The van der Waals surface area contributed by atoms with E-state index in [0.717, 1.165) is 23.4 Å². The molecule has 5 heteroatoms. The summed E-state index contributed by atoms with van der Waals surface area (Å²) in [5.41, 5.74) is 5.06. The second-order valence-corrected chi connectivity index (χ2v) is 6.18. The standard InChI is InChI=1S/C19H20ClNO3/c1-4-23-19(22)14-7-8-16(21-17(14)10-20)13-6-5-11(2)15-9-12(3)24-18(13)15/h5-8,12H,4,9-10H2,1-3H3. The molecular weight excluding hydrogens is 326 g/mol. The van der Waals surface area contributed by atoms with Crippen LogP contribution in [0.5, 0.6) is 5.75 Å². The van der Waals surface area contributed by atoms with Gasteiger partial charge in [0.05, 0.1) is 29.4 Å². The number of hydrogen-bond donors (Lipinski definition) is 0. The number of benzene rings is 1. The Labute approximate surface area is 146 Å². The summed E-state index contributed by atoms with van der Waals surface area (Å²) in [4.78, 5) is 16.6. The molecule has 1 aliphatic rings. The number of fused-ring (bicyclic) bond motifs is 1. The summed E-state index contributed by atoms with van der Waals surface area (Å²) in [6, 6.07) is 7.63. The van der Waals surface area contributed by atoms with Crippen molar-refractivity contribution in [3.8, 4) is 17.0 Å². The Kier molecular flexibility index (Phi) is 4.76. The average molecular weight is 346 g/mol. The van der Waals surface area contributed by atoms with Crippen LogP contribution < -0.4 is 4.74 Å². The van der Waals surface area contributed by atoms with Crippen LogP contribution in [0.3, 0.4) is 0 Å². The summed E-state index contributed by atoms with van der Waals surface area (Å²) in [6.07, 6.45) is 1.06. The summed E-state index contributed by atoms with van der Waals surface area (Å²) in [6.45, 7) is 6.24. The Morgan fingerprint density at radius 2 is 2.17 bits per heavy atom. The summed E-state index contributed by atoms with van der Waals surface area (Å²) < 4.78 is 11.1. The van der Waals surface area contributed by atoms with Crippen molar-refractivity contribution in [3.05, 3.63) is 46.6 Å². The third-order valence-electron chi connectivity index (χ3n) is 4.18. The topological polar surface area (TPSA) is 48.4 Å². The monoisotopic (exact) mass is 345 g/mol. The number of aryl methyl sites for hydroxylation is 1. The number of aromatic nitrogens is 1. The highest BCUT2D eigenvalue weighted by atomic mass is 35.5. The number of halogens is 1. The van der Waals surface area contributed by atoms with Crippen LogP contribution in [0.15, 0.2) is 24.3 Å². The summed E-state index contributed by atoms with van der Waals surface area (Å²) in [7, 11) is 0. The minimum Gasteiger partial charge on any atom is -0.489 e. The Bertz CT molecular complexity index is 788. The Balaban J connectivity index is 2.06. The maximum atomic E-state index is 12.0. The average Bonchev–Trinajstić information content (AvgIpc) is 2.97. The SMILES string of the molecule is CCOC(=O)c1ccc(-c2ccc(C)c3c2OC(C)C3)nc1CCl. The third-order valence-corrected chi connectivity index (χ3v) is 4.43. The second kappa shape index (κ2) is 6.81. The first-order valence-corrected chi connectivity index (χ1v) is 8.61. The first kappa shape index (κ1) is 16.8. The number of nitrogens with zero attached hydrogens (tertiary/aromatic N) is 1. The molecule has 0 bridgehead atoms. The number of ether oxygens (including phenoxy) is 2. The maximum Gasteiger partial charge on any atom is 0.340 e. The van der Waals surface area contributed by atoms with Gasteiger partial charge in [-0.1, -0.05) is 6.07 Å². The number of pyridine rings is 1. The van der Waals surface area contributed by atoms with Crippen LogP contribution in [0.25, 0.3) is 11.3 Å². The van der Waals surface area contributed by atoms with Crippen molar-refractivity contribution in [3.63, 3.8) is 0 Å². The van der Waals surface area contributed by atoms with E-state index >= 15 is 0 Å². The van der Waals surface area contributed by atoms with Gasteiger partial charge in [-0.15, -0.1) is 11.6 Å². The van der Waals surface area contributed by atoms with Crippen molar-refractivity contribution in [1.29, 1.82) is 0 Å². The molecule has 0 amide bonds. The lowest BCUT2D eigenvalue weighted by Crippen LogP contribution is -2.09. The molecule has 2 heterocycles. The fraction of sp³-hybridized carbons (Fsp3) is 0.368. The third kappa shape index (κ3) is 2.98. The van der Waals surface area contributed by atoms with Gasteiger partial charge >= 0.3 is 5.97 Å². The molecule has 1 aromatic carbocycles. The van der Waals surface area contributed by atoms with Gasteiger partial charge in [0.2, 0.25) is 0 Å². The van der Waals surface area contributed by atoms with E-state index in [4.69, 9.17) is 21.1 Å². The van der Waals surface area contributed by atoms with Gasteiger partial charge in [-0.25, -0.2) is 4.79 Å². The minimum absolute atomic E-state index is 0.146. The number of rotatable bonds is 4. The molecule has 1 atom stereocenters. The van der Waals surface area contributed by atoms with Crippen molar-refractivity contribution in [2.75, 3.05) is 6.61 Å². The van der Waals surface area contributed by atoms with Crippen LogP contribution in [0.1, 0.15) is 41.0 Å². The molecule has 0 aliphatic carbocycles. The lowest BCUT2D eigenvalue weighted by Gasteiger charge is -2.12. The molecule has 3 rings (SSSR count). The van der Waals surface area contributed by atoms with Crippen LogP contribution in [0.4, 0.5) is 0 Å². The van der Waals surface area contributed by atoms with E-state index in [-0.39, 0.29) is 12.0 Å². The number of carbonyl (C=O) groups is 1. The van der Waals surface area contributed by atoms with E-state index in [1.165, 1.54) is 11.1 Å². The first-order valence-electron chi connectivity index (χ1n) is 8.07. The van der Waals surface area contributed by atoms with Crippen molar-refractivity contribution in [2.24, 2.45) is 0 Å². The van der Waals surface area contributed by atoms with Crippen molar-refractivity contribution < 1.29 is 14.3 Å². The predicted molar refractivity (Wildman–Crippen MR) is 93.7 cm³/mol. The second-order valence-electron chi connectivity index (χ2n) is 5.92. The molecule has 2 aromatic rings. The van der Waals surface area contributed by atoms with E-state index in [1.54, 1.807) is 13.0 Å². The van der Waals surface area contributed by atoms with Gasteiger partial charge in [-0.2, -0.15) is 0 Å². The van der Waals surface area contributed by atoms with Gasteiger partial charge in [0.15, 0.2) is 0 Å². The number of alkyl halides is 1. The van der Waals surface area contributed by atoms with E-state index < -0.39 is 5.97 Å². The molecular formula is C19H20ClNO3. The highest BCUT2D eigenvalue weighted by molar-refractivity contribution is 6.17. The van der Waals surface area contributed by atoms with Gasteiger partial charge < -0.3 is 9.47 Å². The quantitative estimate of drug-likeness (QED) is 0.612. The lowest BCUT2D eigenvalue weighted by atomic mass is 9.99. The summed E-state index contributed by atoms with van der Waals surface area (Å²) in [5, 5.41) is 0. The number of esters is 1. The minimum atomic E-state index is -0.397. The zero-order valence-corrected chi connectivity index (χ0v) is 14.8. The highest BCUT2D eigenvalue weighted by Gasteiger charge is 2.25. The lowest BCUT2D eigenvalue weighted by molar-refractivity contribution is 0.0525. The van der Waals surface area contributed by atoms with Gasteiger partial charge in [0.25, 0.3) is 0 Å². The van der Waals surface area contributed by atoms with E-state index in [0.29, 0.717) is 17.9 Å². The normalized spacial score (nSPS) is 15.8. The van der Waals surface area contributed by atoms with Crippen LogP contribution in [0.2, 0.25) is 0 Å². The fourth-order valence-corrected chi connectivity index (χ4v) is 3.20. The first-order chi connectivity index (χ1) is 11.5. The largest absolute Gasteiger partial charge is 0.489 e. The van der Waals surface area contributed by atoms with Crippen LogP contribution in [-0.4, -0.2) is 23.7 Å². The number of carbonyl (C=O) groups excluding carboxylic acids is 1. The maximum absolute atomic E-state index is 12.0. The number of hydrogen-bond acceptors (Lipinski definition) is 4. The van der Waals surface area contributed by atoms with Crippen molar-refractivity contribution in [1.82, 2.24) is 4.98 Å². The summed E-state index contributed by atoms with van der Waals surface area (Å²) >= 11 is 6.00. The van der Waals surface area contributed by atoms with Crippen LogP contribution in [-0.2, 0) is 17.0 Å². The van der Waals surface area contributed by atoms with Gasteiger partial charge in [0.1, 0.15) is 11.9 Å². The van der Waals surface area contributed by atoms with Crippen LogP contribution in [0, 0.1) is 6.92 Å². The predicted octanol–water partition coefficient (Wildman–Crippen LogP) is 4.30. The molecule has 0 saturated heterocycles.